The summed E-state index contributed by atoms with van der Waals surface area (Å²) in [5.74, 6) is 0.181. The van der Waals surface area contributed by atoms with E-state index in [1.165, 1.54) is 5.56 Å². The van der Waals surface area contributed by atoms with Crippen LogP contribution in [0, 0.1) is 6.92 Å². The summed E-state index contributed by atoms with van der Waals surface area (Å²) in [6, 6.07) is 0. The van der Waals surface area contributed by atoms with Crippen LogP contribution in [-0.4, -0.2) is 59.3 Å². The van der Waals surface area contributed by atoms with Crippen molar-refractivity contribution in [1.82, 2.24) is 19.0 Å². The molecule has 1 saturated heterocycles. The first-order valence-electron chi connectivity index (χ1n) is 7.30. The van der Waals surface area contributed by atoms with Gasteiger partial charge in [0.1, 0.15) is 0 Å². The maximum absolute atomic E-state index is 11.8. The van der Waals surface area contributed by atoms with Gasteiger partial charge in [0.15, 0.2) is 0 Å². The molecule has 0 saturated carbocycles. The van der Waals surface area contributed by atoms with Crippen molar-refractivity contribution in [2.24, 2.45) is 0 Å². The van der Waals surface area contributed by atoms with Crippen molar-refractivity contribution in [1.29, 1.82) is 0 Å². The van der Waals surface area contributed by atoms with Gasteiger partial charge in [-0.2, -0.15) is 9.40 Å². The minimum atomic E-state index is -3.05. The number of allylic oxidation sites excluding steroid dienone is 1. The van der Waals surface area contributed by atoms with Crippen LogP contribution in [0.4, 0.5) is 0 Å². The second-order valence-corrected chi connectivity index (χ2v) is 7.58. The molecule has 0 amide bonds. The van der Waals surface area contributed by atoms with Crippen LogP contribution in [0.15, 0.2) is 18.9 Å². The molecule has 1 fully saturated rings. The normalized spacial score (nSPS) is 18.0. The number of hydrogen-bond donors (Lipinski definition) is 0. The highest BCUT2D eigenvalue weighted by Crippen LogP contribution is 2.13. The van der Waals surface area contributed by atoms with E-state index in [0.717, 1.165) is 25.3 Å². The Balaban J connectivity index is 1.93. The lowest BCUT2D eigenvalue weighted by Gasteiger charge is -2.33. The summed E-state index contributed by atoms with van der Waals surface area (Å²) in [6.07, 6.45) is 3.87. The molecule has 0 spiro atoms. The number of hydrogen-bond acceptors (Lipinski definition) is 4. The first-order chi connectivity index (χ1) is 9.96. The van der Waals surface area contributed by atoms with Gasteiger partial charge in [0.2, 0.25) is 10.0 Å². The fourth-order valence-electron chi connectivity index (χ4n) is 2.53. The minimum Gasteiger partial charge on any atom is -0.296 e. The number of sulfonamides is 1. The van der Waals surface area contributed by atoms with E-state index in [0.29, 0.717) is 19.6 Å². The third kappa shape index (κ3) is 3.93. The molecule has 21 heavy (non-hydrogen) atoms. The molecule has 0 radical (unpaired) electrons. The van der Waals surface area contributed by atoms with Gasteiger partial charge in [0, 0.05) is 44.5 Å². The third-order valence-corrected chi connectivity index (χ3v) is 5.73. The molecule has 0 aromatic carbocycles. The predicted octanol–water partition coefficient (Wildman–Crippen LogP) is 0.845. The lowest BCUT2D eigenvalue weighted by molar-refractivity contribution is 0.181. The van der Waals surface area contributed by atoms with Crippen molar-refractivity contribution < 1.29 is 8.42 Å². The number of aromatic nitrogens is 2. The van der Waals surface area contributed by atoms with Crippen molar-refractivity contribution >= 4 is 10.0 Å². The van der Waals surface area contributed by atoms with Crippen LogP contribution in [0.3, 0.4) is 0 Å². The second kappa shape index (κ2) is 6.72. The van der Waals surface area contributed by atoms with Gasteiger partial charge < -0.3 is 0 Å². The number of piperazine rings is 1. The Morgan fingerprint density at radius 3 is 2.57 bits per heavy atom. The number of rotatable bonds is 6. The second-order valence-electron chi connectivity index (χ2n) is 5.33. The zero-order valence-corrected chi connectivity index (χ0v) is 13.6. The fourth-order valence-corrected chi connectivity index (χ4v) is 3.61. The Hall–Kier alpha value is -1.18. The van der Waals surface area contributed by atoms with Gasteiger partial charge in [-0.1, -0.05) is 6.08 Å². The Bertz CT molecular complexity index is 586. The quantitative estimate of drug-likeness (QED) is 0.731. The topological polar surface area (TPSA) is 58.4 Å². The van der Waals surface area contributed by atoms with Gasteiger partial charge in [-0.15, -0.1) is 6.58 Å². The molecule has 2 rings (SSSR count). The molecule has 118 valence electrons. The summed E-state index contributed by atoms with van der Waals surface area (Å²) in [6.45, 7) is 11.6. The van der Waals surface area contributed by atoms with Crippen LogP contribution in [0.1, 0.15) is 18.2 Å². The Morgan fingerprint density at radius 2 is 2.00 bits per heavy atom. The van der Waals surface area contributed by atoms with Gasteiger partial charge in [-0.05, 0) is 13.8 Å². The summed E-state index contributed by atoms with van der Waals surface area (Å²) in [5, 5.41) is 4.45. The molecule has 1 aromatic rings. The molecule has 0 atom stereocenters. The summed E-state index contributed by atoms with van der Waals surface area (Å²) < 4.78 is 27.1. The van der Waals surface area contributed by atoms with E-state index in [9.17, 15) is 8.42 Å². The van der Waals surface area contributed by atoms with E-state index in [4.69, 9.17) is 0 Å². The molecule has 0 bridgehead atoms. The SMILES string of the molecule is C=CCn1cc(CN2CCN(S(=O)(=O)CC)CC2)c(C)n1. The fraction of sp³-hybridized carbons (Fsp3) is 0.643. The zero-order chi connectivity index (χ0) is 15.5. The molecule has 0 aliphatic carbocycles. The van der Waals surface area contributed by atoms with Crippen LogP contribution in [-0.2, 0) is 23.1 Å². The van der Waals surface area contributed by atoms with E-state index in [2.05, 4.69) is 16.6 Å². The van der Waals surface area contributed by atoms with Crippen LogP contribution in [0.5, 0.6) is 0 Å². The lowest BCUT2D eigenvalue weighted by atomic mass is 10.2. The smallest absolute Gasteiger partial charge is 0.213 e. The van der Waals surface area contributed by atoms with Crippen LogP contribution < -0.4 is 0 Å². The Morgan fingerprint density at radius 1 is 1.33 bits per heavy atom. The van der Waals surface area contributed by atoms with Crippen LogP contribution >= 0.6 is 0 Å². The first kappa shape index (κ1) is 16.2. The van der Waals surface area contributed by atoms with Gasteiger partial charge >= 0.3 is 0 Å². The molecule has 7 heteroatoms. The molecular formula is C14H24N4O2S. The van der Waals surface area contributed by atoms with Crippen molar-refractivity contribution in [3.63, 3.8) is 0 Å². The van der Waals surface area contributed by atoms with Crippen LogP contribution in [0.2, 0.25) is 0 Å². The maximum atomic E-state index is 11.8. The highest BCUT2D eigenvalue weighted by molar-refractivity contribution is 7.89. The van der Waals surface area contributed by atoms with E-state index in [1.54, 1.807) is 11.2 Å². The summed E-state index contributed by atoms with van der Waals surface area (Å²) in [5.41, 5.74) is 2.23. The number of nitrogens with zero attached hydrogens (tertiary/aromatic N) is 4. The predicted molar refractivity (Wildman–Crippen MR) is 83.5 cm³/mol. The van der Waals surface area contributed by atoms with E-state index in [-0.39, 0.29) is 5.75 Å². The highest BCUT2D eigenvalue weighted by Gasteiger charge is 2.25. The van der Waals surface area contributed by atoms with Gasteiger partial charge in [-0.3, -0.25) is 9.58 Å². The van der Waals surface area contributed by atoms with E-state index in [1.807, 2.05) is 23.9 Å². The zero-order valence-electron chi connectivity index (χ0n) is 12.8. The Labute approximate surface area is 127 Å². The molecule has 2 heterocycles. The summed E-state index contributed by atoms with van der Waals surface area (Å²) in [7, 11) is -3.05. The summed E-state index contributed by atoms with van der Waals surface area (Å²) in [4.78, 5) is 2.28. The largest absolute Gasteiger partial charge is 0.296 e. The molecule has 1 aliphatic rings. The number of aryl methyl sites for hydroxylation is 1. The van der Waals surface area contributed by atoms with Crippen LogP contribution in [0.25, 0.3) is 0 Å². The average Bonchev–Trinajstić information content (AvgIpc) is 2.80. The van der Waals surface area contributed by atoms with E-state index < -0.39 is 10.0 Å². The first-order valence-corrected chi connectivity index (χ1v) is 8.91. The monoisotopic (exact) mass is 312 g/mol. The standard InChI is InChI=1S/C14H24N4O2S/c1-4-6-17-12-14(13(3)15-17)11-16-7-9-18(10-8-16)21(19,20)5-2/h4,12H,1,5-11H2,2-3H3. The van der Waals surface area contributed by atoms with Gasteiger partial charge in [-0.25, -0.2) is 8.42 Å². The van der Waals surface area contributed by atoms with Gasteiger partial charge in [0.25, 0.3) is 0 Å². The average molecular weight is 312 g/mol. The van der Waals surface area contributed by atoms with E-state index >= 15 is 0 Å². The molecular weight excluding hydrogens is 288 g/mol. The maximum Gasteiger partial charge on any atom is 0.213 e. The molecule has 1 aromatic heterocycles. The molecule has 1 aliphatic heterocycles. The summed E-state index contributed by atoms with van der Waals surface area (Å²) >= 11 is 0. The molecule has 6 nitrogen and oxygen atoms in total. The minimum absolute atomic E-state index is 0.181. The lowest BCUT2D eigenvalue weighted by Crippen LogP contribution is -2.48. The molecule has 0 unspecified atom stereocenters. The highest BCUT2D eigenvalue weighted by atomic mass is 32.2. The third-order valence-electron chi connectivity index (χ3n) is 3.85. The Kier molecular flexibility index (Phi) is 5.18. The van der Waals surface area contributed by atoms with Crippen molar-refractivity contribution in [2.45, 2.75) is 26.9 Å². The molecule has 0 N–H and O–H groups in total. The van der Waals surface area contributed by atoms with Gasteiger partial charge in [0.05, 0.1) is 18.0 Å². The van der Waals surface area contributed by atoms with Crippen molar-refractivity contribution in [3.05, 3.63) is 30.1 Å². The van der Waals surface area contributed by atoms with Crippen molar-refractivity contribution in [3.8, 4) is 0 Å². The van der Waals surface area contributed by atoms with Crippen molar-refractivity contribution in [2.75, 3.05) is 31.9 Å².